The number of nitrogens with one attached hydrogen (secondary N) is 3. The van der Waals surface area contributed by atoms with Crippen LogP contribution in [0.5, 0.6) is 0 Å². The number of H-pyrrole nitrogens is 1. The Morgan fingerprint density at radius 3 is 2.08 bits per heavy atom. The molecule has 2 amide bonds. The fourth-order valence-electron chi connectivity index (χ4n) is 4.70. The van der Waals surface area contributed by atoms with Crippen LogP contribution in [0.15, 0.2) is 84.9 Å². The van der Waals surface area contributed by atoms with Crippen LogP contribution in [0.1, 0.15) is 36.2 Å². The van der Waals surface area contributed by atoms with Crippen molar-refractivity contribution in [2.45, 2.75) is 38.8 Å². The number of rotatable bonds is 11. The fraction of sp³-hybridized carbons (Fsp3) is 0.250. The van der Waals surface area contributed by atoms with Crippen molar-refractivity contribution >= 4 is 34.5 Å². The first-order valence-electron chi connectivity index (χ1n) is 13.2. The first-order valence-corrected chi connectivity index (χ1v) is 13.2. The van der Waals surface area contributed by atoms with Gasteiger partial charge < -0.3 is 20.4 Å². The maximum absolute atomic E-state index is 13.7. The summed E-state index contributed by atoms with van der Waals surface area (Å²) in [5.74, 6) is -2.74. The van der Waals surface area contributed by atoms with Crippen molar-refractivity contribution in [3.05, 3.63) is 96.1 Å². The second-order valence-corrected chi connectivity index (χ2v) is 10.0. The quantitative estimate of drug-likeness (QED) is 0.148. The van der Waals surface area contributed by atoms with E-state index >= 15 is 0 Å². The van der Waals surface area contributed by atoms with Crippen LogP contribution in [-0.2, 0) is 25.5 Å². The van der Waals surface area contributed by atoms with E-state index < -0.39 is 35.7 Å². The number of amides is 2. The monoisotopic (exact) mass is 539 g/mol. The van der Waals surface area contributed by atoms with E-state index in [0.717, 1.165) is 11.1 Å². The van der Waals surface area contributed by atoms with E-state index in [4.69, 9.17) is 4.74 Å². The first-order chi connectivity index (χ1) is 19.3. The van der Waals surface area contributed by atoms with Gasteiger partial charge in [0.2, 0.25) is 5.91 Å². The van der Waals surface area contributed by atoms with Gasteiger partial charge in [-0.1, -0.05) is 92.7 Å². The third-order valence-corrected chi connectivity index (χ3v) is 6.62. The molecule has 8 nitrogen and oxygen atoms in total. The van der Waals surface area contributed by atoms with Crippen molar-refractivity contribution in [1.29, 1.82) is 0 Å². The van der Waals surface area contributed by atoms with Gasteiger partial charge in [-0.3, -0.25) is 14.4 Å². The highest BCUT2D eigenvalue weighted by molar-refractivity contribution is 6.46. The zero-order chi connectivity index (χ0) is 28.6. The molecule has 3 aromatic carbocycles. The summed E-state index contributed by atoms with van der Waals surface area (Å²) in [5, 5.41) is 5.97. The van der Waals surface area contributed by atoms with Crippen LogP contribution in [0.4, 0.5) is 0 Å². The lowest BCUT2D eigenvalue weighted by molar-refractivity contribution is -0.145. The van der Waals surface area contributed by atoms with Crippen molar-refractivity contribution in [2.24, 2.45) is 5.92 Å². The van der Waals surface area contributed by atoms with Crippen molar-refractivity contribution in [3.63, 3.8) is 0 Å². The van der Waals surface area contributed by atoms with Crippen LogP contribution in [0.25, 0.3) is 22.2 Å². The number of aromatic amines is 1. The number of carbonyl (C=O) groups excluding carboxylic acids is 4. The SMILES string of the molecule is COC(=O)[C@H](CC(C)C)NC(=O)[C@H](Cc1ccccc1)NC(=O)C(=O)c1c(-c2ccccc2)[nH]c2ccccc12. The third-order valence-electron chi connectivity index (χ3n) is 6.62. The number of fused-ring (bicyclic) bond motifs is 1. The van der Waals surface area contributed by atoms with E-state index in [9.17, 15) is 19.2 Å². The number of methoxy groups -OCH3 is 1. The third kappa shape index (κ3) is 6.64. The average Bonchev–Trinajstić information content (AvgIpc) is 3.36. The van der Waals surface area contributed by atoms with E-state index in [1.54, 1.807) is 12.1 Å². The van der Waals surface area contributed by atoms with Crippen LogP contribution < -0.4 is 10.6 Å². The maximum Gasteiger partial charge on any atom is 0.328 e. The standard InChI is InChI=1S/C32H33N3O5/c1-20(2)18-26(32(39)40-3)35-30(37)25(19-21-12-6-4-7-13-21)34-31(38)29(36)27-23-16-10-11-17-24(23)33-28(27)22-14-8-5-9-15-22/h4-17,20,25-26,33H,18-19H2,1-3H3,(H,34,38)(H,35,37)/t25-,26-/m0/s1. The highest BCUT2D eigenvalue weighted by atomic mass is 16.5. The van der Waals surface area contributed by atoms with E-state index in [0.29, 0.717) is 23.0 Å². The van der Waals surface area contributed by atoms with Crippen molar-refractivity contribution in [3.8, 4) is 11.3 Å². The minimum atomic E-state index is -1.11. The molecule has 40 heavy (non-hydrogen) atoms. The molecule has 0 radical (unpaired) electrons. The molecule has 0 fully saturated rings. The molecule has 4 rings (SSSR count). The minimum absolute atomic E-state index is 0.103. The van der Waals surface area contributed by atoms with Gasteiger partial charge in [0.05, 0.1) is 18.4 Å². The predicted molar refractivity (Wildman–Crippen MR) is 154 cm³/mol. The van der Waals surface area contributed by atoms with Crippen molar-refractivity contribution in [2.75, 3.05) is 7.11 Å². The number of para-hydroxylation sites is 1. The summed E-state index contributed by atoms with van der Waals surface area (Å²) in [4.78, 5) is 56.3. The summed E-state index contributed by atoms with van der Waals surface area (Å²) in [5.41, 5.74) is 3.00. The number of ether oxygens (including phenoxy) is 1. The summed E-state index contributed by atoms with van der Waals surface area (Å²) < 4.78 is 4.88. The lowest BCUT2D eigenvalue weighted by Crippen LogP contribution is -2.54. The van der Waals surface area contributed by atoms with Gasteiger partial charge in [-0.15, -0.1) is 0 Å². The first kappa shape index (κ1) is 28.3. The molecule has 206 valence electrons. The number of hydrogen-bond donors (Lipinski definition) is 3. The van der Waals surface area contributed by atoms with Crippen LogP contribution in [0, 0.1) is 5.92 Å². The lowest BCUT2D eigenvalue weighted by Gasteiger charge is -2.23. The highest BCUT2D eigenvalue weighted by Crippen LogP contribution is 2.30. The Hall–Kier alpha value is -4.72. The number of Topliss-reactive ketones (excluding diaryl/α,β-unsaturated/α-hetero) is 1. The topological polar surface area (TPSA) is 117 Å². The van der Waals surface area contributed by atoms with E-state index in [2.05, 4.69) is 15.6 Å². The number of esters is 1. The Morgan fingerprint density at radius 2 is 1.43 bits per heavy atom. The van der Waals surface area contributed by atoms with Gasteiger partial charge in [0.15, 0.2) is 0 Å². The van der Waals surface area contributed by atoms with Gasteiger partial charge in [0, 0.05) is 17.3 Å². The molecule has 8 heteroatoms. The smallest absolute Gasteiger partial charge is 0.328 e. The molecule has 0 saturated heterocycles. The normalized spacial score (nSPS) is 12.5. The van der Waals surface area contributed by atoms with Gasteiger partial charge in [-0.05, 0) is 29.5 Å². The molecule has 0 unspecified atom stereocenters. The molecule has 0 spiro atoms. The molecule has 1 aromatic heterocycles. The molecule has 0 saturated carbocycles. The van der Waals surface area contributed by atoms with Crippen LogP contribution >= 0.6 is 0 Å². The molecule has 0 aliphatic rings. The predicted octanol–water partition coefficient (Wildman–Crippen LogP) is 4.45. The number of ketones is 1. The molecule has 0 bridgehead atoms. The van der Waals surface area contributed by atoms with Gasteiger partial charge in [-0.2, -0.15) is 0 Å². The molecule has 4 aromatic rings. The van der Waals surface area contributed by atoms with E-state index in [1.165, 1.54) is 7.11 Å². The Morgan fingerprint density at radius 1 is 0.800 bits per heavy atom. The van der Waals surface area contributed by atoms with Crippen molar-refractivity contribution in [1.82, 2.24) is 15.6 Å². The summed E-state index contributed by atoms with van der Waals surface area (Å²) in [6.45, 7) is 3.85. The zero-order valence-electron chi connectivity index (χ0n) is 22.8. The summed E-state index contributed by atoms with van der Waals surface area (Å²) in [7, 11) is 1.26. The van der Waals surface area contributed by atoms with Crippen LogP contribution in [0.3, 0.4) is 0 Å². The molecular weight excluding hydrogens is 506 g/mol. The molecule has 2 atom stereocenters. The largest absolute Gasteiger partial charge is 0.467 e. The summed E-state index contributed by atoms with van der Waals surface area (Å²) >= 11 is 0. The highest BCUT2D eigenvalue weighted by Gasteiger charge is 2.31. The van der Waals surface area contributed by atoms with Crippen LogP contribution in [-0.4, -0.2) is 47.7 Å². The second kappa shape index (κ2) is 12.9. The Bertz CT molecular complexity index is 1500. The summed E-state index contributed by atoms with van der Waals surface area (Å²) in [6.07, 6.45) is 0.486. The minimum Gasteiger partial charge on any atom is -0.467 e. The van der Waals surface area contributed by atoms with Crippen LogP contribution in [0.2, 0.25) is 0 Å². The number of hydrogen-bond acceptors (Lipinski definition) is 5. The fourth-order valence-corrected chi connectivity index (χ4v) is 4.70. The van der Waals surface area contributed by atoms with Gasteiger partial charge in [0.25, 0.3) is 11.7 Å². The van der Waals surface area contributed by atoms with Crippen molar-refractivity contribution < 1.29 is 23.9 Å². The lowest BCUT2D eigenvalue weighted by atomic mass is 9.99. The second-order valence-electron chi connectivity index (χ2n) is 10.0. The molecular formula is C32H33N3O5. The van der Waals surface area contributed by atoms with Gasteiger partial charge in [0.1, 0.15) is 12.1 Å². The van der Waals surface area contributed by atoms with E-state index in [-0.39, 0.29) is 17.9 Å². The molecule has 0 aliphatic heterocycles. The maximum atomic E-state index is 13.7. The molecule has 1 heterocycles. The Kier molecular flexibility index (Phi) is 9.11. The number of aromatic nitrogens is 1. The van der Waals surface area contributed by atoms with E-state index in [1.807, 2.05) is 86.6 Å². The molecule has 0 aliphatic carbocycles. The van der Waals surface area contributed by atoms with Gasteiger partial charge >= 0.3 is 5.97 Å². The Labute approximate surface area is 233 Å². The van der Waals surface area contributed by atoms with Gasteiger partial charge in [-0.25, -0.2) is 4.79 Å². The number of benzene rings is 3. The molecule has 3 N–H and O–H groups in total. The Balaban J connectivity index is 1.65. The number of carbonyl (C=O) groups is 4. The zero-order valence-corrected chi connectivity index (χ0v) is 22.8. The summed E-state index contributed by atoms with van der Waals surface area (Å²) in [6, 6.07) is 23.7. The average molecular weight is 540 g/mol.